The average Bonchev–Trinajstić information content (AvgIpc) is 2.58. The molecule has 1 amide bonds. The van der Waals surface area contributed by atoms with Gasteiger partial charge in [0.05, 0.1) is 23.3 Å². The molecule has 0 saturated heterocycles. The SMILES string of the molecule is COc1ccc2nc(C(=O)Nc3cccc(Cl)c3F)ccc2c1. The van der Waals surface area contributed by atoms with Crippen molar-refractivity contribution in [3.8, 4) is 5.75 Å². The number of nitrogens with one attached hydrogen (secondary N) is 1. The lowest BCUT2D eigenvalue weighted by molar-refractivity contribution is 0.102. The van der Waals surface area contributed by atoms with Crippen LogP contribution in [-0.2, 0) is 0 Å². The van der Waals surface area contributed by atoms with Crippen molar-refractivity contribution in [2.24, 2.45) is 0 Å². The highest BCUT2D eigenvalue weighted by Gasteiger charge is 2.13. The van der Waals surface area contributed by atoms with Crippen LogP contribution in [0.2, 0.25) is 5.02 Å². The molecule has 0 radical (unpaired) electrons. The molecule has 0 spiro atoms. The van der Waals surface area contributed by atoms with Crippen LogP contribution in [0.3, 0.4) is 0 Å². The van der Waals surface area contributed by atoms with Gasteiger partial charge in [0, 0.05) is 5.39 Å². The molecule has 116 valence electrons. The van der Waals surface area contributed by atoms with E-state index < -0.39 is 11.7 Å². The minimum absolute atomic E-state index is 0.0131. The van der Waals surface area contributed by atoms with Gasteiger partial charge < -0.3 is 10.1 Å². The highest BCUT2D eigenvalue weighted by Crippen LogP contribution is 2.23. The van der Waals surface area contributed by atoms with Crippen molar-refractivity contribution in [1.82, 2.24) is 4.98 Å². The van der Waals surface area contributed by atoms with Crippen LogP contribution in [0, 0.1) is 5.82 Å². The number of fused-ring (bicyclic) bond motifs is 1. The molecule has 3 aromatic rings. The minimum atomic E-state index is -0.673. The lowest BCUT2D eigenvalue weighted by Crippen LogP contribution is -2.14. The first kappa shape index (κ1) is 15.2. The van der Waals surface area contributed by atoms with E-state index in [1.807, 2.05) is 6.07 Å². The number of hydrogen-bond donors (Lipinski definition) is 1. The fraction of sp³-hybridized carbons (Fsp3) is 0.0588. The van der Waals surface area contributed by atoms with Gasteiger partial charge in [0.1, 0.15) is 11.4 Å². The van der Waals surface area contributed by atoms with Crippen LogP contribution in [0.15, 0.2) is 48.5 Å². The second-order valence-corrected chi connectivity index (χ2v) is 5.22. The first-order chi connectivity index (χ1) is 11.1. The van der Waals surface area contributed by atoms with E-state index >= 15 is 0 Å². The third-order valence-electron chi connectivity index (χ3n) is 3.33. The van der Waals surface area contributed by atoms with Crippen LogP contribution in [0.5, 0.6) is 5.75 Å². The molecule has 0 fully saturated rings. The maximum atomic E-state index is 13.8. The van der Waals surface area contributed by atoms with Crippen molar-refractivity contribution in [2.45, 2.75) is 0 Å². The van der Waals surface area contributed by atoms with Crippen LogP contribution in [0.25, 0.3) is 10.9 Å². The van der Waals surface area contributed by atoms with Gasteiger partial charge in [-0.3, -0.25) is 4.79 Å². The number of ether oxygens (including phenoxy) is 1. The number of rotatable bonds is 3. The number of halogens is 2. The monoisotopic (exact) mass is 330 g/mol. The van der Waals surface area contributed by atoms with Crippen molar-refractivity contribution >= 4 is 34.1 Å². The predicted molar refractivity (Wildman–Crippen MR) is 87.7 cm³/mol. The van der Waals surface area contributed by atoms with Crippen LogP contribution in [0.1, 0.15) is 10.5 Å². The summed E-state index contributed by atoms with van der Waals surface area (Å²) in [6, 6.07) is 13.1. The smallest absolute Gasteiger partial charge is 0.274 e. The Morgan fingerprint density at radius 1 is 1.22 bits per heavy atom. The fourth-order valence-electron chi connectivity index (χ4n) is 2.14. The second-order valence-electron chi connectivity index (χ2n) is 4.81. The first-order valence-electron chi connectivity index (χ1n) is 6.78. The van der Waals surface area contributed by atoms with Gasteiger partial charge in [-0.15, -0.1) is 0 Å². The summed E-state index contributed by atoms with van der Waals surface area (Å²) in [5, 5.41) is 3.26. The van der Waals surface area contributed by atoms with E-state index in [0.29, 0.717) is 11.3 Å². The zero-order chi connectivity index (χ0) is 16.4. The van der Waals surface area contributed by atoms with Gasteiger partial charge in [-0.05, 0) is 36.4 Å². The normalized spacial score (nSPS) is 10.6. The van der Waals surface area contributed by atoms with Crippen LogP contribution in [-0.4, -0.2) is 18.0 Å². The number of anilines is 1. The van der Waals surface area contributed by atoms with E-state index in [1.54, 1.807) is 37.4 Å². The number of carbonyl (C=O) groups excluding carboxylic acids is 1. The van der Waals surface area contributed by atoms with Gasteiger partial charge in [-0.2, -0.15) is 0 Å². The summed E-state index contributed by atoms with van der Waals surface area (Å²) in [6.07, 6.45) is 0. The quantitative estimate of drug-likeness (QED) is 0.779. The van der Waals surface area contributed by atoms with Crippen LogP contribution in [0.4, 0.5) is 10.1 Å². The maximum absolute atomic E-state index is 13.8. The van der Waals surface area contributed by atoms with Gasteiger partial charge in [0.2, 0.25) is 0 Å². The summed E-state index contributed by atoms with van der Waals surface area (Å²) < 4.78 is 19.0. The number of hydrogen-bond acceptors (Lipinski definition) is 3. The molecule has 1 heterocycles. The van der Waals surface area contributed by atoms with E-state index in [0.717, 1.165) is 5.39 Å². The molecule has 0 aliphatic carbocycles. The van der Waals surface area contributed by atoms with Crippen molar-refractivity contribution < 1.29 is 13.9 Å². The van der Waals surface area contributed by atoms with Gasteiger partial charge in [0.15, 0.2) is 5.82 Å². The Hall–Kier alpha value is -2.66. The molecule has 0 aliphatic rings. The van der Waals surface area contributed by atoms with Crippen molar-refractivity contribution in [2.75, 3.05) is 12.4 Å². The number of aromatic nitrogens is 1. The molecule has 0 atom stereocenters. The average molecular weight is 331 g/mol. The topological polar surface area (TPSA) is 51.2 Å². The largest absolute Gasteiger partial charge is 0.497 e. The lowest BCUT2D eigenvalue weighted by atomic mass is 10.2. The summed E-state index contributed by atoms with van der Waals surface area (Å²) in [6.45, 7) is 0. The molecule has 0 unspecified atom stereocenters. The number of amides is 1. The van der Waals surface area contributed by atoms with E-state index in [4.69, 9.17) is 16.3 Å². The van der Waals surface area contributed by atoms with Crippen molar-refractivity contribution in [1.29, 1.82) is 0 Å². The van der Waals surface area contributed by atoms with E-state index in [2.05, 4.69) is 10.3 Å². The molecule has 6 heteroatoms. The Bertz CT molecular complexity index is 899. The molecule has 23 heavy (non-hydrogen) atoms. The Labute approximate surface area is 136 Å². The molecule has 3 rings (SSSR count). The minimum Gasteiger partial charge on any atom is -0.497 e. The molecule has 1 aromatic heterocycles. The van der Waals surface area contributed by atoms with Crippen molar-refractivity contribution in [3.63, 3.8) is 0 Å². The number of nitrogens with zero attached hydrogens (tertiary/aromatic N) is 1. The third kappa shape index (κ3) is 3.10. The molecule has 0 saturated carbocycles. The molecule has 0 bridgehead atoms. The van der Waals surface area contributed by atoms with Crippen LogP contribution < -0.4 is 10.1 Å². The maximum Gasteiger partial charge on any atom is 0.274 e. The lowest BCUT2D eigenvalue weighted by Gasteiger charge is -2.08. The number of methoxy groups -OCH3 is 1. The zero-order valence-electron chi connectivity index (χ0n) is 12.1. The molecule has 1 N–H and O–H groups in total. The highest BCUT2D eigenvalue weighted by atomic mass is 35.5. The number of carbonyl (C=O) groups is 1. The first-order valence-corrected chi connectivity index (χ1v) is 7.16. The Morgan fingerprint density at radius 3 is 2.83 bits per heavy atom. The Balaban J connectivity index is 1.90. The molecule has 4 nitrogen and oxygen atoms in total. The summed E-state index contributed by atoms with van der Waals surface area (Å²) in [7, 11) is 1.58. The van der Waals surface area contributed by atoms with Crippen LogP contribution >= 0.6 is 11.6 Å². The van der Waals surface area contributed by atoms with Gasteiger partial charge in [-0.25, -0.2) is 9.37 Å². The predicted octanol–water partition coefficient (Wildman–Crippen LogP) is 4.29. The fourth-order valence-corrected chi connectivity index (χ4v) is 2.32. The third-order valence-corrected chi connectivity index (χ3v) is 3.62. The summed E-state index contributed by atoms with van der Waals surface area (Å²) in [4.78, 5) is 16.5. The standard InChI is InChI=1S/C17H12ClFN2O2/c1-23-11-6-8-13-10(9-11)5-7-15(20-13)17(22)21-14-4-2-3-12(18)16(14)19/h2-9H,1H3,(H,21,22). The number of benzene rings is 2. The van der Waals surface area contributed by atoms with Crippen molar-refractivity contribution in [3.05, 3.63) is 65.1 Å². The zero-order valence-corrected chi connectivity index (χ0v) is 12.9. The Kier molecular flexibility index (Phi) is 4.12. The molecule has 2 aromatic carbocycles. The number of pyridine rings is 1. The van der Waals surface area contributed by atoms with E-state index in [-0.39, 0.29) is 16.4 Å². The summed E-state index contributed by atoms with van der Waals surface area (Å²) in [5.41, 5.74) is 0.839. The second kappa shape index (κ2) is 6.22. The summed E-state index contributed by atoms with van der Waals surface area (Å²) in [5.74, 6) is -0.477. The van der Waals surface area contributed by atoms with Gasteiger partial charge in [-0.1, -0.05) is 23.7 Å². The van der Waals surface area contributed by atoms with Gasteiger partial charge in [0.25, 0.3) is 5.91 Å². The van der Waals surface area contributed by atoms with E-state index in [1.165, 1.54) is 12.1 Å². The molecular weight excluding hydrogens is 319 g/mol. The Morgan fingerprint density at radius 2 is 2.04 bits per heavy atom. The summed E-state index contributed by atoms with van der Waals surface area (Å²) >= 11 is 5.70. The molecule has 0 aliphatic heterocycles. The molecular formula is C17H12ClFN2O2. The van der Waals surface area contributed by atoms with Gasteiger partial charge >= 0.3 is 0 Å². The van der Waals surface area contributed by atoms with E-state index in [9.17, 15) is 9.18 Å². The highest BCUT2D eigenvalue weighted by molar-refractivity contribution is 6.31.